The highest BCUT2D eigenvalue weighted by Crippen LogP contribution is 2.15. The first-order chi connectivity index (χ1) is 13.4. The van der Waals surface area contributed by atoms with Crippen LogP contribution >= 0.6 is 0 Å². The highest BCUT2D eigenvalue weighted by atomic mass is 16.5. The second kappa shape index (κ2) is 9.77. The van der Waals surface area contributed by atoms with Gasteiger partial charge in [-0.2, -0.15) is 9.78 Å². The highest BCUT2D eigenvalue weighted by molar-refractivity contribution is 6.36. The summed E-state index contributed by atoms with van der Waals surface area (Å²) < 4.78 is 10.6. The van der Waals surface area contributed by atoms with Crippen molar-refractivity contribution in [3.8, 4) is 0 Å². The molecule has 8 nitrogen and oxygen atoms in total. The number of para-hydroxylation sites is 1. The zero-order valence-electron chi connectivity index (χ0n) is 16.6. The van der Waals surface area contributed by atoms with Crippen LogP contribution in [0.2, 0.25) is 0 Å². The molecule has 150 valence electrons. The molecule has 0 aliphatic heterocycles. The van der Waals surface area contributed by atoms with Gasteiger partial charge in [0.05, 0.1) is 25.1 Å². The van der Waals surface area contributed by atoms with Gasteiger partial charge in [0.1, 0.15) is 11.5 Å². The van der Waals surface area contributed by atoms with Crippen LogP contribution in [-0.4, -0.2) is 41.5 Å². The molecule has 0 N–H and O–H groups in total. The van der Waals surface area contributed by atoms with Crippen LogP contribution in [0, 0.1) is 0 Å². The minimum Gasteiger partial charge on any atom is -0.469 e. The second-order valence-electron chi connectivity index (χ2n) is 6.58. The summed E-state index contributed by atoms with van der Waals surface area (Å²) in [5, 5.41) is 4.73. The second-order valence-corrected chi connectivity index (χ2v) is 6.58. The molecule has 1 aromatic heterocycles. The Hall–Kier alpha value is -3.03. The number of rotatable bonds is 8. The lowest BCUT2D eigenvalue weighted by atomic mass is 10.1. The Morgan fingerprint density at radius 3 is 2.43 bits per heavy atom. The van der Waals surface area contributed by atoms with Gasteiger partial charge in [-0.05, 0) is 31.4 Å². The molecule has 8 heteroatoms. The Morgan fingerprint density at radius 1 is 1.11 bits per heavy atom. The van der Waals surface area contributed by atoms with Crippen LogP contribution in [0.5, 0.6) is 0 Å². The Bertz CT molecular complexity index is 946. The van der Waals surface area contributed by atoms with Crippen LogP contribution in [0.15, 0.2) is 34.2 Å². The Labute approximate surface area is 163 Å². The molecular formula is C20H25N3O5. The van der Waals surface area contributed by atoms with Gasteiger partial charge in [0, 0.05) is 12.3 Å². The molecule has 0 fully saturated rings. The first kappa shape index (κ1) is 21.3. The van der Waals surface area contributed by atoms with E-state index < -0.39 is 5.97 Å². The molecule has 0 saturated heterocycles. The van der Waals surface area contributed by atoms with Crippen LogP contribution in [0.25, 0.3) is 10.9 Å². The minimum atomic E-state index is -0.618. The first-order valence-corrected chi connectivity index (χ1v) is 9.13. The molecule has 0 aliphatic rings. The maximum absolute atomic E-state index is 13.0. The van der Waals surface area contributed by atoms with Crippen molar-refractivity contribution < 1.29 is 19.1 Å². The van der Waals surface area contributed by atoms with Crippen molar-refractivity contribution in [1.82, 2.24) is 9.66 Å². The molecule has 0 atom stereocenters. The number of esters is 2. The smallest absolute Gasteiger partial charge is 0.354 e. The molecule has 2 rings (SSSR count). The van der Waals surface area contributed by atoms with Crippen molar-refractivity contribution in [2.45, 2.75) is 45.4 Å². The molecule has 28 heavy (non-hydrogen) atoms. The van der Waals surface area contributed by atoms with Crippen molar-refractivity contribution in [2.75, 3.05) is 14.2 Å². The van der Waals surface area contributed by atoms with Crippen molar-refractivity contribution in [3.63, 3.8) is 0 Å². The number of aromatic nitrogens is 2. The SMILES string of the molecule is COC(=O)CCCC/C(=N\n1c(C(C)C)nc2ccccc2c1=O)C(=O)OC. The number of fused-ring (bicyclic) bond motifs is 1. The van der Waals surface area contributed by atoms with Gasteiger partial charge in [0.2, 0.25) is 0 Å². The van der Waals surface area contributed by atoms with E-state index in [0.717, 1.165) is 0 Å². The number of carbonyl (C=O) groups excluding carboxylic acids is 2. The fraction of sp³-hybridized carbons (Fsp3) is 0.450. The quantitative estimate of drug-likeness (QED) is 0.392. The Balaban J connectivity index is 2.44. The summed E-state index contributed by atoms with van der Waals surface area (Å²) in [7, 11) is 2.59. The first-order valence-electron chi connectivity index (χ1n) is 9.13. The lowest BCUT2D eigenvalue weighted by Crippen LogP contribution is -2.27. The fourth-order valence-electron chi connectivity index (χ4n) is 2.71. The van der Waals surface area contributed by atoms with Gasteiger partial charge in [-0.25, -0.2) is 9.78 Å². The number of benzene rings is 1. The van der Waals surface area contributed by atoms with E-state index in [1.54, 1.807) is 18.2 Å². The van der Waals surface area contributed by atoms with Gasteiger partial charge in [0.15, 0.2) is 0 Å². The summed E-state index contributed by atoms with van der Waals surface area (Å²) in [5.74, 6) is -0.555. The molecule has 1 aromatic carbocycles. The molecule has 1 heterocycles. The Kier molecular flexibility index (Phi) is 7.43. The highest BCUT2D eigenvalue weighted by Gasteiger charge is 2.18. The van der Waals surface area contributed by atoms with Gasteiger partial charge in [0.25, 0.3) is 5.56 Å². The Morgan fingerprint density at radius 2 is 1.79 bits per heavy atom. The summed E-state index contributed by atoms with van der Waals surface area (Å²) in [5.41, 5.74) is 0.346. The van der Waals surface area contributed by atoms with Crippen LogP contribution in [0.1, 0.15) is 51.3 Å². The zero-order valence-corrected chi connectivity index (χ0v) is 16.6. The summed E-state index contributed by atoms with van der Waals surface area (Å²) >= 11 is 0. The predicted molar refractivity (Wildman–Crippen MR) is 105 cm³/mol. The number of hydrogen-bond donors (Lipinski definition) is 0. The minimum absolute atomic E-state index is 0.0840. The standard InChI is InChI=1S/C20H25N3O5/c1-13(2)18-21-15-10-6-5-9-14(15)19(25)23(18)22-16(20(26)28-4)11-7-8-12-17(24)27-3/h5-6,9-10,13H,7-8,11-12H2,1-4H3/b22-16+. The van der Waals surface area contributed by atoms with Crippen molar-refractivity contribution >= 4 is 28.6 Å². The summed E-state index contributed by atoms with van der Waals surface area (Å²) in [6, 6.07) is 7.01. The number of methoxy groups -OCH3 is 2. The number of nitrogens with zero attached hydrogens (tertiary/aromatic N) is 3. The van der Waals surface area contributed by atoms with E-state index in [0.29, 0.717) is 29.6 Å². The van der Waals surface area contributed by atoms with E-state index in [9.17, 15) is 14.4 Å². The third kappa shape index (κ3) is 5.03. The van der Waals surface area contributed by atoms with E-state index in [-0.39, 0.29) is 36.0 Å². The zero-order chi connectivity index (χ0) is 20.7. The van der Waals surface area contributed by atoms with Crippen molar-refractivity contribution in [3.05, 3.63) is 40.4 Å². The third-order valence-electron chi connectivity index (χ3n) is 4.21. The van der Waals surface area contributed by atoms with Gasteiger partial charge in [-0.15, -0.1) is 0 Å². The monoisotopic (exact) mass is 387 g/mol. The number of hydrogen-bond acceptors (Lipinski definition) is 7. The average Bonchev–Trinajstić information content (AvgIpc) is 2.70. The summed E-state index contributed by atoms with van der Waals surface area (Å²) in [4.78, 5) is 40.9. The summed E-state index contributed by atoms with van der Waals surface area (Å²) in [6.07, 6.45) is 1.57. The average molecular weight is 387 g/mol. The topological polar surface area (TPSA) is 99.9 Å². The molecule has 0 saturated carbocycles. The van der Waals surface area contributed by atoms with Gasteiger partial charge < -0.3 is 9.47 Å². The predicted octanol–water partition coefficient (Wildman–Crippen LogP) is 2.63. The van der Waals surface area contributed by atoms with E-state index in [1.165, 1.54) is 18.9 Å². The number of carbonyl (C=O) groups is 2. The maximum Gasteiger partial charge on any atom is 0.354 e. The number of unbranched alkanes of at least 4 members (excludes halogenated alkanes) is 1. The maximum atomic E-state index is 13.0. The van der Waals surface area contributed by atoms with Crippen molar-refractivity contribution in [2.24, 2.45) is 5.10 Å². The molecule has 2 aromatic rings. The molecule has 0 spiro atoms. The largest absolute Gasteiger partial charge is 0.469 e. The fourth-order valence-corrected chi connectivity index (χ4v) is 2.71. The molecule has 0 aliphatic carbocycles. The van der Waals surface area contributed by atoms with Crippen LogP contribution in [0.3, 0.4) is 0 Å². The lowest BCUT2D eigenvalue weighted by Gasteiger charge is -2.13. The van der Waals surface area contributed by atoms with Gasteiger partial charge in [-0.1, -0.05) is 26.0 Å². The van der Waals surface area contributed by atoms with Gasteiger partial charge >= 0.3 is 11.9 Å². The molecule has 0 unspecified atom stereocenters. The lowest BCUT2D eigenvalue weighted by molar-refractivity contribution is -0.140. The molecule has 0 bridgehead atoms. The third-order valence-corrected chi connectivity index (χ3v) is 4.21. The number of ether oxygens (including phenoxy) is 2. The molecule has 0 radical (unpaired) electrons. The van der Waals surface area contributed by atoms with Crippen LogP contribution in [0.4, 0.5) is 0 Å². The normalized spacial score (nSPS) is 11.7. The van der Waals surface area contributed by atoms with Crippen LogP contribution < -0.4 is 5.56 Å². The molecular weight excluding hydrogens is 362 g/mol. The van der Waals surface area contributed by atoms with E-state index in [1.807, 2.05) is 19.9 Å². The van der Waals surface area contributed by atoms with E-state index >= 15 is 0 Å². The summed E-state index contributed by atoms with van der Waals surface area (Å²) in [6.45, 7) is 3.80. The molecule has 0 amide bonds. The van der Waals surface area contributed by atoms with Gasteiger partial charge in [-0.3, -0.25) is 9.59 Å². The van der Waals surface area contributed by atoms with E-state index in [4.69, 9.17) is 4.74 Å². The van der Waals surface area contributed by atoms with Crippen molar-refractivity contribution in [1.29, 1.82) is 0 Å². The van der Waals surface area contributed by atoms with E-state index in [2.05, 4.69) is 14.8 Å². The van der Waals surface area contributed by atoms with Crippen LogP contribution in [-0.2, 0) is 19.1 Å².